The zero-order chi connectivity index (χ0) is 17.1. The van der Waals surface area contributed by atoms with Crippen molar-refractivity contribution in [3.05, 3.63) is 76.9 Å². The van der Waals surface area contributed by atoms with Gasteiger partial charge in [-0.2, -0.15) is 0 Å². The maximum atomic E-state index is 6.35. The fourth-order valence-electron chi connectivity index (χ4n) is 2.53. The Bertz CT molecular complexity index is 1000. The van der Waals surface area contributed by atoms with E-state index >= 15 is 0 Å². The van der Waals surface area contributed by atoms with E-state index in [1.165, 1.54) is 5.56 Å². The van der Waals surface area contributed by atoms with Gasteiger partial charge in [-0.25, -0.2) is 9.67 Å². The normalized spacial score (nSPS) is 11.1. The van der Waals surface area contributed by atoms with Crippen LogP contribution in [0.15, 0.2) is 65.8 Å². The van der Waals surface area contributed by atoms with Crippen molar-refractivity contribution in [1.29, 1.82) is 0 Å². The zero-order valence-corrected chi connectivity index (χ0v) is 14.8. The number of pyridine rings is 1. The molecule has 0 radical (unpaired) electrons. The van der Waals surface area contributed by atoms with Crippen LogP contribution in [0.1, 0.15) is 11.1 Å². The molecule has 4 aromatic rings. The quantitative estimate of drug-likeness (QED) is 0.390. The van der Waals surface area contributed by atoms with Crippen molar-refractivity contribution in [3.8, 4) is 0 Å². The zero-order valence-electron chi connectivity index (χ0n) is 13.2. The molecular weight excluding hydrogens is 354 g/mol. The highest BCUT2D eigenvalue weighted by Gasteiger charge is 2.11. The molecular formula is C18H14ClN5S. The molecule has 0 aliphatic carbocycles. The van der Waals surface area contributed by atoms with Crippen LogP contribution in [-0.2, 0) is 12.3 Å². The first kappa shape index (κ1) is 16.1. The maximum absolute atomic E-state index is 6.35. The van der Waals surface area contributed by atoms with E-state index in [-0.39, 0.29) is 0 Å². The van der Waals surface area contributed by atoms with E-state index in [0.717, 1.165) is 27.4 Å². The van der Waals surface area contributed by atoms with Crippen molar-refractivity contribution in [2.45, 2.75) is 17.5 Å². The highest BCUT2D eigenvalue weighted by molar-refractivity contribution is 7.98. The Morgan fingerprint density at radius 1 is 1.00 bits per heavy atom. The van der Waals surface area contributed by atoms with Crippen LogP contribution in [0.25, 0.3) is 10.9 Å². The highest BCUT2D eigenvalue weighted by atomic mass is 35.5. The highest BCUT2D eigenvalue weighted by Crippen LogP contribution is 2.24. The fourth-order valence-corrected chi connectivity index (χ4v) is 3.57. The third-order valence-electron chi connectivity index (χ3n) is 3.78. The Morgan fingerprint density at radius 2 is 1.80 bits per heavy atom. The van der Waals surface area contributed by atoms with Crippen molar-refractivity contribution >= 4 is 34.3 Å². The van der Waals surface area contributed by atoms with E-state index in [9.17, 15) is 0 Å². The first-order chi connectivity index (χ1) is 12.3. The molecule has 4 rings (SSSR count). The Balaban J connectivity index is 1.55. The Hall–Kier alpha value is -2.44. The summed E-state index contributed by atoms with van der Waals surface area (Å²) in [6.45, 7) is 0.487. The second-order valence-electron chi connectivity index (χ2n) is 5.52. The lowest BCUT2D eigenvalue weighted by molar-refractivity contribution is 0.602. The van der Waals surface area contributed by atoms with Gasteiger partial charge in [0.1, 0.15) is 5.15 Å². The van der Waals surface area contributed by atoms with E-state index in [1.54, 1.807) is 16.4 Å². The topological polar surface area (TPSA) is 56.5 Å². The van der Waals surface area contributed by atoms with Gasteiger partial charge in [-0.05, 0) is 28.1 Å². The predicted octanol–water partition coefficient (Wildman–Crippen LogP) is 4.22. The number of benzene rings is 2. The van der Waals surface area contributed by atoms with Gasteiger partial charge in [0.2, 0.25) is 5.16 Å². The van der Waals surface area contributed by atoms with Gasteiger partial charge < -0.3 is 0 Å². The van der Waals surface area contributed by atoms with Crippen LogP contribution in [0, 0.1) is 0 Å². The number of halogens is 1. The molecule has 0 amide bonds. The largest absolute Gasteiger partial charge is 0.236 e. The van der Waals surface area contributed by atoms with Crippen molar-refractivity contribution in [2.24, 2.45) is 0 Å². The fraction of sp³-hybridized carbons (Fsp3) is 0.111. The SMILES string of the molecule is Clc1nc2ccccc2cc1Cn1nnnc1SCc1ccccc1. The molecule has 0 aliphatic heterocycles. The van der Waals surface area contributed by atoms with Gasteiger partial charge in [-0.3, -0.25) is 0 Å². The van der Waals surface area contributed by atoms with Gasteiger partial charge in [0.15, 0.2) is 0 Å². The summed E-state index contributed by atoms with van der Waals surface area (Å²) in [5, 5.41) is 14.3. The molecule has 7 heteroatoms. The standard InChI is InChI=1S/C18H14ClN5S/c19-17-15(10-14-8-4-5-9-16(14)20-17)11-24-18(21-22-23-24)25-12-13-6-2-1-3-7-13/h1-10H,11-12H2. The van der Waals surface area contributed by atoms with Crippen LogP contribution in [0.2, 0.25) is 5.15 Å². The number of fused-ring (bicyclic) bond motifs is 1. The number of rotatable bonds is 5. The number of nitrogens with zero attached hydrogens (tertiary/aromatic N) is 5. The number of hydrogen-bond donors (Lipinski definition) is 0. The van der Waals surface area contributed by atoms with Gasteiger partial charge in [0.05, 0.1) is 12.1 Å². The third-order valence-corrected chi connectivity index (χ3v) is 5.14. The molecule has 0 aliphatic rings. The van der Waals surface area contributed by atoms with Crippen molar-refractivity contribution in [2.75, 3.05) is 0 Å². The van der Waals surface area contributed by atoms with E-state index in [1.807, 2.05) is 48.5 Å². The van der Waals surface area contributed by atoms with Crippen molar-refractivity contribution < 1.29 is 0 Å². The minimum atomic E-state index is 0.480. The molecule has 0 unspecified atom stereocenters. The Labute approximate surface area is 154 Å². The van der Waals surface area contributed by atoms with E-state index in [2.05, 4.69) is 32.6 Å². The number of para-hydroxylation sites is 1. The van der Waals surface area contributed by atoms with Gasteiger partial charge in [0, 0.05) is 16.7 Å². The number of hydrogen-bond acceptors (Lipinski definition) is 5. The molecule has 0 saturated carbocycles. The summed E-state index contributed by atoms with van der Waals surface area (Å²) in [6.07, 6.45) is 0. The average molecular weight is 368 g/mol. The molecule has 0 fully saturated rings. The summed E-state index contributed by atoms with van der Waals surface area (Å²) in [6, 6.07) is 20.2. The molecule has 5 nitrogen and oxygen atoms in total. The van der Waals surface area contributed by atoms with Crippen molar-refractivity contribution in [1.82, 2.24) is 25.2 Å². The lowest BCUT2D eigenvalue weighted by atomic mass is 10.1. The molecule has 2 heterocycles. The van der Waals surface area contributed by atoms with Crippen LogP contribution >= 0.6 is 23.4 Å². The van der Waals surface area contributed by atoms with Gasteiger partial charge >= 0.3 is 0 Å². The summed E-state index contributed by atoms with van der Waals surface area (Å²) >= 11 is 7.94. The lowest BCUT2D eigenvalue weighted by Gasteiger charge is -2.07. The summed E-state index contributed by atoms with van der Waals surface area (Å²) in [7, 11) is 0. The molecule has 0 bridgehead atoms. The van der Waals surface area contributed by atoms with Gasteiger partial charge in [0.25, 0.3) is 0 Å². The molecule has 2 aromatic heterocycles. The molecule has 124 valence electrons. The van der Waals surface area contributed by atoms with Crippen LogP contribution in [-0.4, -0.2) is 25.2 Å². The second-order valence-corrected chi connectivity index (χ2v) is 6.82. The van der Waals surface area contributed by atoms with Crippen molar-refractivity contribution in [3.63, 3.8) is 0 Å². The van der Waals surface area contributed by atoms with Crippen LogP contribution in [0.5, 0.6) is 0 Å². The monoisotopic (exact) mass is 367 g/mol. The third kappa shape index (κ3) is 3.65. The maximum Gasteiger partial charge on any atom is 0.209 e. The summed E-state index contributed by atoms with van der Waals surface area (Å²) in [5.41, 5.74) is 3.01. The number of tetrazole rings is 1. The molecule has 0 spiro atoms. The summed E-state index contributed by atoms with van der Waals surface area (Å²) in [5.74, 6) is 0.810. The summed E-state index contributed by atoms with van der Waals surface area (Å²) < 4.78 is 1.76. The lowest BCUT2D eigenvalue weighted by Crippen LogP contribution is -2.05. The minimum absolute atomic E-state index is 0.480. The molecule has 25 heavy (non-hydrogen) atoms. The number of thioether (sulfide) groups is 1. The Morgan fingerprint density at radius 3 is 2.68 bits per heavy atom. The smallest absolute Gasteiger partial charge is 0.209 e. The molecule has 2 aromatic carbocycles. The summed E-state index contributed by atoms with van der Waals surface area (Å²) in [4.78, 5) is 4.46. The average Bonchev–Trinajstić information content (AvgIpc) is 3.08. The molecule has 0 saturated heterocycles. The number of aromatic nitrogens is 5. The molecule has 0 N–H and O–H groups in total. The van der Waals surface area contributed by atoms with E-state index in [0.29, 0.717) is 11.7 Å². The first-order valence-electron chi connectivity index (χ1n) is 7.76. The van der Waals surface area contributed by atoms with Gasteiger partial charge in [-0.1, -0.05) is 71.9 Å². The van der Waals surface area contributed by atoms with E-state index in [4.69, 9.17) is 11.6 Å². The van der Waals surface area contributed by atoms with Crippen LogP contribution in [0.4, 0.5) is 0 Å². The van der Waals surface area contributed by atoms with Crippen LogP contribution < -0.4 is 0 Å². The predicted molar refractivity (Wildman–Crippen MR) is 99.7 cm³/mol. The second kappa shape index (κ2) is 7.21. The Kier molecular flexibility index (Phi) is 4.63. The van der Waals surface area contributed by atoms with Gasteiger partial charge in [-0.15, -0.1) is 5.10 Å². The molecule has 0 atom stereocenters. The van der Waals surface area contributed by atoms with Crippen LogP contribution in [0.3, 0.4) is 0 Å². The van der Waals surface area contributed by atoms with E-state index < -0.39 is 0 Å². The first-order valence-corrected chi connectivity index (χ1v) is 9.13. The minimum Gasteiger partial charge on any atom is -0.236 e.